The van der Waals surface area contributed by atoms with Crippen molar-refractivity contribution in [1.82, 2.24) is 5.32 Å². The standard InChI is InChI=1S/C12H13FN2/c13-12-4-10(6-14)3-11(5-12)8-15-7-9-1-2-9/h3-5,9,15H,1-2,7-8H2. The second-order valence-corrected chi connectivity index (χ2v) is 4.03. The Balaban J connectivity index is 1.94. The maximum absolute atomic E-state index is 13.0. The fourth-order valence-electron chi connectivity index (χ4n) is 1.56. The summed E-state index contributed by atoms with van der Waals surface area (Å²) in [7, 11) is 0. The molecule has 1 aliphatic carbocycles. The molecule has 1 aliphatic rings. The van der Waals surface area contributed by atoms with Crippen molar-refractivity contribution in [3.05, 3.63) is 35.1 Å². The molecule has 1 aromatic rings. The number of hydrogen-bond acceptors (Lipinski definition) is 2. The van der Waals surface area contributed by atoms with Gasteiger partial charge in [-0.05, 0) is 49.1 Å². The topological polar surface area (TPSA) is 35.8 Å². The Morgan fingerprint density at radius 2 is 2.20 bits per heavy atom. The normalized spacial score (nSPS) is 14.9. The number of rotatable bonds is 4. The molecule has 2 nitrogen and oxygen atoms in total. The summed E-state index contributed by atoms with van der Waals surface area (Å²) in [5.41, 5.74) is 1.23. The highest BCUT2D eigenvalue weighted by Crippen LogP contribution is 2.27. The van der Waals surface area contributed by atoms with Gasteiger partial charge in [-0.15, -0.1) is 0 Å². The molecule has 15 heavy (non-hydrogen) atoms. The summed E-state index contributed by atoms with van der Waals surface area (Å²) < 4.78 is 13.0. The molecule has 78 valence electrons. The summed E-state index contributed by atoms with van der Waals surface area (Å²) in [5, 5.41) is 11.9. The largest absolute Gasteiger partial charge is 0.312 e. The Hall–Kier alpha value is -1.40. The van der Waals surface area contributed by atoms with Crippen LogP contribution in [0.15, 0.2) is 18.2 Å². The molecule has 0 heterocycles. The number of nitrogens with one attached hydrogen (secondary N) is 1. The molecule has 0 bridgehead atoms. The van der Waals surface area contributed by atoms with Crippen molar-refractivity contribution in [2.45, 2.75) is 19.4 Å². The minimum Gasteiger partial charge on any atom is -0.312 e. The van der Waals surface area contributed by atoms with E-state index >= 15 is 0 Å². The van der Waals surface area contributed by atoms with E-state index in [-0.39, 0.29) is 5.82 Å². The van der Waals surface area contributed by atoms with Crippen molar-refractivity contribution < 1.29 is 4.39 Å². The maximum Gasteiger partial charge on any atom is 0.124 e. The second kappa shape index (κ2) is 4.41. The summed E-state index contributed by atoms with van der Waals surface area (Å²) in [6, 6.07) is 6.40. The third kappa shape index (κ3) is 3.03. The lowest BCUT2D eigenvalue weighted by Gasteiger charge is -2.04. The molecule has 0 spiro atoms. The van der Waals surface area contributed by atoms with Crippen molar-refractivity contribution in [2.24, 2.45) is 5.92 Å². The molecule has 0 aromatic heterocycles. The lowest BCUT2D eigenvalue weighted by molar-refractivity contribution is 0.612. The third-order valence-electron chi connectivity index (χ3n) is 2.55. The van der Waals surface area contributed by atoms with Gasteiger partial charge in [0.2, 0.25) is 0 Å². The second-order valence-electron chi connectivity index (χ2n) is 4.03. The van der Waals surface area contributed by atoms with Crippen molar-refractivity contribution in [1.29, 1.82) is 5.26 Å². The summed E-state index contributed by atoms with van der Waals surface area (Å²) >= 11 is 0. The molecule has 0 saturated heterocycles. The number of halogens is 1. The quantitative estimate of drug-likeness (QED) is 0.816. The van der Waals surface area contributed by atoms with Gasteiger partial charge in [0.25, 0.3) is 0 Å². The van der Waals surface area contributed by atoms with Crippen molar-refractivity contribution >= 4 is 0 Å². The summed E-state index contributed by atoms with van der Waals surface area (Å²) in [6.45, 7) is 1.64. The monoisotopic (exact) mass is 204 g/mol. The average Bonchev–Trinajstić information content (AvgIpc) is 3.01. The summed E-state index contributed by atoms with van der Waals surface area (Å²) in [5.74, 6) is 0.478. The van der Waals surface area contributed by atoms with E-state index in [4.69, 9.17) is 5.26 Å². The predicted octanol–water partition coefficient (Wildman–Crippen LogP) is 2.20. The molecule has 1 aromatic carbocycles. The zero-order chi connectivity index (χ0) is 10.7. The number of nitriles is 1. The molecular formula is C12H13FN2. The minimum atomic E-state index is -0.336. The van der Waals surface area contributed by atoms with Crippen LogP contribution in [0.25, 0.3) is 0 Å². The molecule has 0 amide bonds. The van der Waals surface area contributed by atoms with Crippen LogP contribution in [0.5, 0.6) is 0 Å². The van der Waals surface area contributed by atoms with Crippen LogP contribution in [-0.4, -0.2) is 6.54 Å². The molecule has 2 rings (SSSR count). The van der Waals surface area contributed by atoms with Gasteiger partial charge in [-0.1, -0.05) is 0 Å². The number of benzene rings is 1. The van der Waals surface area contributed by atoms with Gasteiger partial charge in [-0.2, -0.15) is 5.26 Å². The van der Waals surface area contributed by atoms with Crippen LogP contribution >= 0.6 is 0 Å². The third-order valence-corrected chi connectivity index (χ3v) is 2.55. The minimum absolute atomic E-state index is 0.336. The fourth-order valence-corrected chi connectivity index (χ4v) is 1.56. The molecule has 1 saturated carbocycles. The van der Waals surface area contributed by atoms with E-state index in [0.717, 1.165) is 18.0 Å². The van der Waals surface area contributed by atoms with Crippen molar-refractivity contribution in [3.8, 4) is 6.07 Å². The first-order chi connectivity index (χ1) is 7.28. The van der Waals surface area contributed by atoms with Crippen LogP contribution < -0.4 is 5.32 Å². The smallest absolute Gasteiger partial charge is 0.124 e. The molecule has 0 radical (unpaired) electrons. The summed E-state index contributed by atoms with van der Waals surface area (Å²) in [6.07, 6.45) is 2.61. The molecular weight excluding hydrogens is 191 g/mol. The SMILES string of the molecule is N#Cc1cc(F)cc(CNCC2CC2)c1. The van der Waals surface area contributed by atoms with Gasteiger partial charge in [0, 0.05) is 6.54 Å². The molecule has 0 aliphatic heterocycles. The van der Waals surface area contributed by atoms with Gasteiger partial charge in [-0.3, -0.25) is 0 Å². The van der Waals surface area contributed by atoms with E-state index < -0.39 is 0 Å². The average molecular weight is 204 g/mol. The Bertz CT molecular complexity index is 391. The van der Waals surface area contributed by atoms with Crippen LogP contribution in [0.4, 0.5) is 4.39 Å². The molecule has 0 unspecified atom stereocenters. The van der Waals surface area contributed by atoms with Gasteiger partial charge in [0.1, 0.15) is 5.82 Å². The van der Waals surface area contributed by atoms with E-state index in [1.807, 2.05) is 6.07 Å². The molecule has 1 N–H and O–H groups in total. The van der Waals surface area contributed by atoms with Gasteiger partial charge in [0.15, 0.2) is 0 Å². The van der Waals surface area contributed by atoms with Gasteiger partial charge < -0.3 is 5.32 Å². The highest BCUT2D eigenvalue weighted by molar-refractivity contribution is 5.33. The van der Waals surface area contributed by atoms with Gasteiger partial charge >= 0.3 is 0 Å². The Morgan fingerprint density at radius 1 is 1.40 bits per heavy atom. The lowest BCUT2D eigenvalue weighted by atomic mass is 10.1. The zero-order valence-electron chi connectivity index (χ0n) is 8.46. The number of nitrogens with zero attached hydrogens (tertiary/aromatic N) is 1. The highest BCUT2D eigenvalue weighted by atomic mass is 19.1. The van der Waals surface area contributed by atoms with E-state index in [1.165, 1.54) is 25.0 Å². The maximum atomic E-state index is 13.0. The van der Waals surface area contributed by atoms with Crippen LogP contribution in [0.3, 0.4) is 0 Å². The van der Waals surface area contributed by atoms with E-state index in [2.05, 4.69) is 5.32 Å². The van der Waals surface area contributed by atoms with Gasteiger partial charge in [-0.25, -0.2) is 4.39 Å². The Morgan fingerprint density at radius 3 is 2.87 bits per heavy atom. The molecule has 3 heteroatoms. The van der Waals surface area contributed by atoms with E-state index in [9.17, 15) is 4.39 Å². The van der Waals surface area contributed by atoms with Gasteiger partial charge in [0.05, 0.1) is 11.6 Å². The first-order valence-electron chi connectivity index (χ1n) is 5.18. The molecule has 1 fully saturated rings. The first-order valence-corrected chi connectivity index (χ1v) is 5.18. The number of hydrogen-bond donors (Lipinski definition) is 1. The van der Waals surface area contributed by atoms with E-state index in [1.54, 1.807) is 6.07 Å². The first kappa shape index (κ1) is 10.1. The predicted molar refractivity (Wildman–Crippen MR) is 55.5 cm³/mol. The fraction of sp³-hybridized carbons (Fsp3) is 0.417. The van der Waals surface area contributed by atoms with Crippen LogP contribution in [0, 0.1) is 23.1 Å². The van der Waals surface area contributed by atoms with Crippen LogP contribution in [-0.2, 0) is 6.54 Å². The van der Waals surface area contributed by atoms with Crippen molar-refractivity contribution in [3.63, 3.8) is 0 Å². The van der Waals surface area contributed by atoms with Crippen LogP contribution in [0.2, 0.25) is 0 Å². The van der Waals surface area contributed by atoms with E-state index in [0.29, 0.717) is 12.1 Å². The highest BCUT2D eigenvalue weighted by Gasteiger charge is 2.20. The molecule has 0 atom stereocenters. The van der Waals surface area contributed by atoms with Crippen LogP contribution in [0.1, 0.15) is 24.0 Å². The lowest BCUT2D eigenvalue weighted by Crippen LogP contribution is -2.16. The Kier molecular flexibility index (Phi) is 2.98. The van der Waals surface area contributed by atoms with Crippen molar-refractivity contribution in [2.75, 3.05) is 6.54 Å². The Labute approximate surface area is 88.7 Å². The zero-order valence-corrected chi connectivity index (χ0v) is 8.46. The summed E-state index contributed by atoms with van der Waals surface area (Å²) in [4.78, 5) is 0.